The van der Waals surface area contributed by atoms with E-state index in [1.165, 1.54) is 26.2 Å². The van der Waals surface area contributed by atoms with Gasteiger partial charge in [0.25, 0.3) is 0 Å². The third-order valence-corrected chi connectivity index (χ3v) is 4.51. The Balaban J connectivity index is 0.00000208. The average Bonchev–Trinajstić information content (AvgIpc) is 3.11. The van der Waals surface area contributed by atoms with Gasteiger partial charge >= 0.3 is 0 Å². The number of halogens is 1. The van der Waals surface area contributed by atoms with Gasteiger partial charge in [-0.3, -0.25) is 14.8 Å². The Morgan fingerprint density at radius 1 is 1.33 bits per heavy atom. The second-order valence-corrected chi connectivity index (χ2v) is 6.11. The van der Waals surface area contributed by atoms with Crippen molar-refractivity contribution in [3.05, 3.63) is 36.8 Å². The highest BCUT2D eigenvalue weighted by Crippen LogP contribution is 2.15. The number of nitrogens with zero attached hydrogens (tertiary/aromatic N) is 3. The summed E-state index contributed by atoms with van der Waals surface area (Å²) >= 11 is 0. The molecule has 1 unspecified atom stereocenters. The molecule has 3 aliphatic rings. The zero-order chi connectivity index (χ0) is 15.9. The third-order valence-electron chi connectivity index (χ3n) is 4.51. The molecular formula is C17H28IN5O. The summed E-state index contributed by atoms with van der Waals surface area (Å²) < 4.78 is 5.36. The topological polar surface area (TPSA) is 56.0 Å². The first kappa shape index (κ1) is 19.3. The quantitative estimate of drug-likeness (QED) is 0.286. The molecule has 4 rings (SSSR count). The Morgan fingerprint density at radius 3 is 2.79 bits per heavy atom. The molecular weight excluding hydrogens is 417 g/mol. The van der Waals surface area contributed by atoms with Gasteiger partial charge in [-0.1, -0.05) is 6.08 Å². The molecule has 4 heterocycles. The maximum absolute atomic E-state index is 5.36. The summed E-state index contributed by atoms with van der Waals surface area (Å²) in [6, 6.07) is 4.46. The molecule has 0 spiro atoms. The van der Waals surface area contributed by atoms with Crippen molar-refractivity contribution >= 4 is 29.9 Å². The predicted molar refractivity (Wildman–Crippen MR) is 108 cm³/mol. The van der Waals surface area contributed by atoms with Crippen LogP contribution in [0.4, 0.5) is 0 Å². The average molecular weight is 445 g/mol. The summed E-state index contributed by atoms with van der Waals surface area (Å²) in [6.07, 6.45) is 4.41. The minimum absolute atomic E-state index is 0. The Labute approximate surface area is 161 Å². The fourth-order valence-electron chi connectivity index (χ4n) is 3.20. The molecule has 3 aliphatic heterocycles. The van der Waals surface area contributed by atoms with Gasteiger partial charge in [0.1, 0.15) is 5.76 Å². The van der Waals surface area contributed by atoms with Gasteiger partial charge in [-0.2, -0.15) is 0 Å². The van der Waals surface area contributed by atoms with E-state index in [9.17, 15) is 0 Å². The number of hydrogen-bond acceptors (Lipinski definition) is 4. The van der Waals surface area contributed by atoms with Crippen LogP contribution in [-0.2, 0) is 6.42 Å². The Morgan fingerprint density at radius 2 is 2.17 bits per heavy atom. The van der Waals surface area contributed by atoms with Crippen LogP contribution in [0, 0.1) is 0 Å². The third kappa shape index (κ3) is 5.49. The highest BCUT2D eigenvalue weighted by molar-refractivity contribution is 14.0. The van der Waals surface area contributed by atoms with Crippen molar-refractivity contribution in [1.82, 2.24) is 20.4 Å². The van der Waals surface area contributed by atoms with Gasteiger partial charge < -0.3 is 15.1 Å². The molecule has 134 valence electrons. The smallest absolute Gasteiger partial charge is 0.191 e. The van der Waals surface area contributed by atoms with Gasteiger partial charge in [0.2, 0.25) is 0 Å². The first-order valence-corrected chi connectivity index (χ1v) is 8.47. The summed E-state index contributed by atoms with van der Waals surface area (Å²) in [5, 5.41) is 6.67. The molecule has 7 heteroatoms. The van der Waals surface area contributed by atoms with Crippen LogP contribution < -0.4 is 10.6 Å². The fourth-order valence-corrected chi connectivity index (χ4v) is 3.20. The van der Waals surface area contributed by atoms with Crippen molar-refractivity contribution in [2.45, 2.75) is 12.5 Å². The van der Waals surface area contributed by atoms with Crippen molar-refractivity contribution in [2.24, 2.45) is 4.99 Å². The number of fused-ring (bicyclic) bond motifs is 3. The lowest BCUT2D eigenvalue weighted by Gasteiger charge is -2.47. The molecule has 3 saturated heterocycles. The van der Waals surface area contributed by atoms with E-state index in [1.807, 2.05) is 18.2 Å². The lowest BCUT2D eigenvalue weighted by molar-refractivity contribution is 0.0174. The van der Waals surface area contributed by atoms with E-state index < -0.39 is 0 Å². The van der Waals surface area contributed by atoms with Gasteiger partial charge in [-0.05, 0) is 12.1 Å². The van der Waals surface area contributed by atoms with Crippen LogP contribution in [0.15, 0.2) is 40.5 Å². The monoisotopic (exact) mass is 445 g/mol. The first-order valence-electron chi connectivity index (χ1n) is 8.47. The zero-order valence-electron chi connectivity index (χ0n) is 14.1. The number of aliphatic imine (C=N–C) groups is 1. The predicted octanol–water partition coefficient (Wildman–Crippen LogP) is 1.16. The zero-order valence-corrected chi connectivity index (χ0v) is 16.4. The number of nitrogens with one attached hydrogen (secondary N) is 2. The molecule has 2 N–H and O–H groups in total. The Hall–Kier alpha value is -1.06. The van der Waals surface area contributed by atoms with Crippen LogP contribution in [-0.4, -0.2) is 74.2 Å². The van der Waals surface area contributed by atoms with Crippen LogP contribution >= 0.6 is 24.0 Å². The van der Waals surface area contributed by atoms with Crippen LogP contribution in [0.25, 0.3) is 0 Å². The van der Waals surface area contributed by atoms with Crippen molar-refractivity contribution in [3.63, 3.8) is 0 Å². The van der Waals surface area contributed by atoms with Gasteiger partial charge in [0.05, 0.1) is 12.8 Å². The summed E-state index contributed by atoms with van der Waals surface area (Å²) in [6.45, 7) is 12.0. The molecule has 0 amide bonds. The molecule has 0 radical (unpaired) electrons. The van der Waals surface area contributed by atoms with E-state index >= 15 is 0 Å². The maximum atomic E-state index is 5.36. The highest BCUT2D eigenvalue weighted by atomic mass is 127. The molecule has 1 aromatic heterocycles. The van der Waals surface area contributed by atoms with Crippen molar-refractivity contribution in [3.8, 4) is 0 Å². The molecule has 3 fully saturated rings. The van der Waals surface area contributed by atoms with E-state index in [4.69, 9.17) is 9.41 Å². The Bertz CT molecular complexity index is 511. The second-order valence-electron chi connectivity index (χ2n) is 6.11. The summed E-state index contributed by atoms with van der Waals surface area (Å²) in [5.74, 6) is 1.85. The van der Waals surface area contributed by atoms with Crippen LogP contribution in [0.5, 0.6) is 0 Å². The molecule has 6 nitrogen and oxygen atoms in total. The van der Waals surface area contributed by atoms with Crippen molar-refractivity contribution in [1.29, 1.82) is 0 Å². The minimum Gasteiger partial charge on any atom is -0.469 e. The van der Waals surface area contributed by atoms with E-state index in [0.29, 0.717) is 12.6 Å². The molecule has 1 atom stereocenters. The van der Waals surface area contributed by atoms with E-state index in [1.54, 1.807) is 6.26 Å². The van der Waals surface area contributed by atoms with E-state index in [-0.39, 0.29) is 24.0 Å². The number of furan rings is 1. The fraction of sp³-hybridized carbons (Fsp3) is 0.588. The van der Waals surface area contributed by atoms with E-state index in [2.05, 4.69) is 27.0 Å². The molecule has 24 heavy (non-hydrogen) atoms. The molecule has 2 bridgehead atoms. The Kier molecular flexibility index (Phi) is 8.07. The summed E-state index contributed by atoms with van der Waals surface area (Å²) in [5.41, 5.74) is 0. The van der Waals surface area contributed by atoms with Gasteiger partial charge in [0.15, 0.2) is 5.96 Å². The minimum atomic E-state index is 0. The second kappa shape index (κ2) is 10.0. The molecule has 0 aromatic carbocycles. The van der Waals surface area contributed by atoms with Crippen LogP contribution in [0.1, 0.15) is 5.76 Å². The van der Waals surface area contributed by atoms with Crippen LogP contribution in [0.2, 0.25) is 0 Å². The largest absolute Gasteiger partial charge is 0.469 e. The van der Waals surface area contributed by atoms with E-state index in [0.717, 1.165) is 37.8 Å². The summed E-state index contributed by atoms with van der Waals surface area (Å²) in [7, 11) is 0. The van der Waals surface area contributed by atoms with Crippen molar-refractivity contribution in [2.75, 3.05) is 52.4 Å². The normalized spacial score (nSPS) is 25.8. The highest BCUT2D eigenvalue weighted by Gasteiger charge is 2.31. The lowest BCUT2D eigenvalue weighted by Crippen LogP contribution is -2.62. The SMILES string of the molecule is C=CCNC(=NCC1CN2CCN1CC2)NCCc1ccco1.I. The van der Waals surface area contributed by atoms with Crippen molar-refractivity contribution < 1.29 is 4.42 Å². The van der Waals surface area contributed by atoms with Crippen LogP contribution in [0.3, 0.4) is 0 Å². The molecule has 0 aliphatic carbocycles. The van der Waals surface area contributed by atoms with Gasteiger partial charge in [-0.15, -0.1) is 30.6 Å². The molecule has 0 saturated carbocycles. The lowest BCUT2D eigenvalue weighted by atomic mass is 10.1. The first-order chi connectivity index (χ1) is 11.3. The maximum Gasteiger partial charge on any atom is 0.191 e. The summed E-state index contributed by atoms with van der Waals surface area (Å²) in [4.78, 5) is 9.88. The number of hydrogen-bond donors (Lipinski definition) is 2. The van der Waals surface area contributed by atoms with Gasteiger partial charge in [-0.25, -0.2) is 0 Å². The standard InChI is InChI=1S/C17H27N5O.HI/c1-2-6-18-17(19-7-5-16-4-3-12-23-16)20-13-15-14-21-8-10-22(15)11-9-21;/h2-4,12,15H,1,5-11,13-14H2,(H2,18,19,20);1H. The number of piperazine rings is 3. The van der Waals surface area contributed by atoms with Gasteiger partial charge in [0, 0.05) is 58.3 Å². The number of guanidine groups is 1. The number of rotatable bonds is 7. The molecule has 1 aromatic rings.